The molecule has 120 valence electrons. The van der Waals surface area contributed by atoms with Crippen molar-refractivity contribution in [3.05, 3.63) is 33.9 Å². The second-order valence-electron chi connectivity index (χ2n) is 5.59. The molecule has 1 atom stereocenters. The Labute approximate surface area is 129 Å². The van der Waals surface area contributed by atoms with Gasteiger partial charge in [-0.05, 0) is 38.4 Å². The Morgan fingerprint density at radius 1 is 1.50 bits per heavy atom. The Morgan fingerprint density at radius 3 is 2.91 bits per heavy atom. The molecule has 2 rings (SSSR count). The fraction of sp³-hybridized carbons (Fsp3) is 0.533. The van der Waals surface area contributed by atoms with Crippen molar-refractivity contribution in [2.75, 3.05) is 31.5 Å². The van der Waals surface area contributed by atoms with Gasteiger partial charge in [0.15, 0.2) is 0 Å². The molecule has 0 unspecified atom stereocenters. The predicted octanol–water partition coefficient (Wildman–Crippen LogP) is 2.37. The first-order chi connectivity index (χ1) is 10.5. The van der Waals surface area contributed by atoms with Gasteiger partial charge in [0.25, 0.3) is 5.69 Å². The second-order valence-corrected chi connectivity index (χ2v) is 5.59. The Bertz CT molecular complexity index is 562. The highest BCUT2D eigenvalue weighted by Gasteiger charge is 2.21. The van der Waals surface area contributed by atoms with Gasteiger partial charge in [-0.25, -0.2) is 4.79 Å². The van der Waals surface area contributed by atoms with Crippen molar-refractivity contribution < 1.29 is 9.72 Å². The van der Waals surface area contributed by atoms with Gasteiger partial charge in [0.2, 0.25) is 0 Å². The molecule has 0 aromatic heterocycles. The summed E-state index contributed by atoms with van der Waals surface area (Å²) in [5.74, 6) is 0.469. The van der Waals surface area contributed by atoms with Crippen LogP contribution in [0.4, 0.5) is 16.2 Å². The average Bonchev–Trinajstić information content (AvgIpc) is 2.95. The summed E-state index contributed by atoms with van der Waals surface area (Å²) in [6.07, 6.45) is 1.09. The van der Waals surface area contributed by atoms with Crippen molar-refractivity contribution in [3.63, 3.8) is 0 Å². The minimum atomic E-state index is -0.448. The van der Waals surface area contributed by atoms with E-state index in [-0.39, 0.29) is 11.7 Å². The van der Waals surface area contributed by atoms with Crippen molar-refractivity contribution in [3.8, 4) is 0 Å². The molecule has 1 aromatic rings. The fourth-order valence-electron chi connectivity index (χ4n) is 2.73. The second kappa shape index (κ2) is 7.22. The molecule has 1 aliphatic heterocycles. The largest absolute Gasteiger partial charge is 0.338 e. The van der Waals surface area contributed by atoms with Crippen LogP contribution in [0.1, 0.15) is 18.9 Å². The third kappa shape index (κ3) is 3.94. The van der Waals surface area contributed by atoms with Gasteiger partial charge in [-0.1, -0.05) is 13.0 Å². The zero-order valence-electron chi connectivity index (χ0n) is 13.0. The molecule has 0 saturated carbocycles. The molecule has 0 bridgehead atoms. The molecule has 0 radical (unpaired) electrons. The van der Waals surface area contributed by atoms with E-state index in [0.29, 0.717) is 23.7 Å². The molecular weight excluding hydrogens is 284 g/mol. The Balaban J connectivity index is 1.87. The van der Waals surface area contributed by atoms with E-state index >= 15 is 0 Å². The maximum atomic E-state index is 11.9. The van der Waals surface area contributed by atoms with E-state index in [1.807, 2.05) is 0 Å². The quantitative estimate of drug-likeness (QED) is 0.646. The highest BCUT2D eigenvalue weighted by atomic mass is 16.6. The molecule has 7 heteroatoms. The first-order valence-electron chi connectivity index (χ1n) is 7.52. The van der Waals surface area contributed by atoms with Gasteiger partial charge in [-0.2, -0.15) is 0 Å². The number of hydrogen-bond donors (Lipinski definition) is 2. The monoisotopic (exact) mass is 306 g/mol. The van der Waals surface area contributed by atoms with Crippen LogP contribution in [0.2, 0.25) is 0 Å². The number of carbonyl (C=O) groups excluding carboxylic acids is 1. The number of nitro benzene ring substituents is 1. The Hall–Kier alpha value is -2.15. The van der Waals surface area contributed by atoms with Crippen LogP contribution in [0.25, 0.3) is 0 Å². The smallest absolute Gasteiger partial charge is 0.319 e. The lowest BCUT2D eigenvalue weighted by Crippen LogP contribution is -2.34. The maximum absolute atomic E-state index is 11.9. The molecule has 0 spiro atoms. The lowest BCUT2D eigenvalue weighted by atomic mass is 10.1. The van der Waals surface area contributed by atoms with E-state index in [2.05, 4.69) is 22.5 Å². The van der Waals surface area contributed by atoms with Crippen molar-refractivity contribution in [2.24, 2.45) is 5.92 Å². The van der Waals surface area contributed by atoms with Crippen molar-refractivity contribution in [1.82, 2.24) is 10.2 Å². The Kier molecular flexibility index (Phi) is 5.32. The normalized spacial score (nSPS) is 18.2. The number of nitro groups is 1. The molecule has 2 amide bonds. The SMILES string of the molecule is CCN1CC[C@@H](CNC(=O)Nc2cccc([N+](=O)[O-])c2C)C1. The van der Waals surface area contributed by atoms with Crippen molar-refractivity contribution in [1.29, 1.82) is 0 Å². The first kappa shape index (κ1) is 16.2. The van der Waals surface area contributed by atoms with Crippen LogP contribution < -0.4 is 10.6 Å². The molecular formula is C15H22N4O3. The zero-order valence-corrected chi connectivity index (χ0v) is 13.0. The summed E-state index contributed by atoms with van der Waals surface area (Å²) in [6, 6.07) is 4.34. The van der Waals surface area contributed by atoms with Gasteiger partial charge in [0.05, 0.1) is 16.2 Å². The summed E-state index contributed by atoms with van der Waals surface area (Å²) in [5, 5.41) is 16.4. The number of urea groups is 1. The van der Waals surface area contributed by atoms with Crippen LogP contribution >= 0.6 is 0 Å². The summed E-state index contributed by atoms with van der Waals surface area (Å²) in [6.45, 7) is 7.50. The lowest BCUT2D eigenvalue weighted by Gasteiger charge is -2.14. The predicted molar refractivity (Wildman–Crippen MR) is 85.1 cm³/mol. The van der Waals surface area contributed by atoms with Crippen LogP contribution in [-0.2, 0) is 0 Å². The van der Waals surface area contributed by atoms with Crippen LogP contribution in [0.5, 0.6) is 0 Å². The van der Waals surface area contributed by atoms with Crippen molar-refractivity contribution in [2.45, 2.75) is 20.3 Å². The van der Waals surface area contributed by atoms with E-state index in [4.69, 9.17) is 0 Å². The van der Waals surface area contributed by atoms with Gasteiger partial charge >= 0.3 is 6.03 Å². The minimum absolute atomic E-state index is 0.00665. The molecule has 2 N–H and O–H groups in total. The number of carbonyl (C=O) groups is 1. The highest BCUT2D eigenvalue weighted by molar-refractivity contribution is 5.90. The van der Waals surface area contributed by atoms with Crippen LogP contribution in [0.15, 0.2) is 18.2 Å². The minimum Gasteiger partial charge on any atom is -0.338 e. The zero-order chi connectivity index (χ0) is 16.1. The summed E-state index contributed by atoms with van der Waals surface area (Å²) in [7, 11) is 0. The van der Waals surface area contributed by atoms with E-state index in [9.17, 15) is 14.9 Å². The van der Waals surface area contributed by atoms with Gasteiger partial charge in [0.1, 0.15) is 0 Å². The first-order valence-corrected chi connectivity index (χ1v) is 7.52. The maximum Gasteiger partial charge on any atom is 0.319 e. The molecule has 1 fully saturated rings. The molecule has 1 saturated heterocycles. The number of nitrogens with one attached hydrogen (secondary N) is 2. The third-order valence-electron chi connectivity index (χ3n) is 4.12. The topological polar surface area (TPSA) is 87.5 Å². The van der Waals surface area contributed by atoms with Crippen LogP contribution in [-0.4, -0.2) is 42.0 Å². The van der Waals surface area contributed by atoms with Gasteiger partial charge < -0.3 is 15.5 Å². The molecule has 1 aromatic carbocycles. The molecule has 22 heavy (non-hydrogen) atoms. The average molecular weight is 306 g/mol. The summed E-state index contributed by atoms with van der Waals surface area (Å²) in [5.41, 5.74) is 0.932. The standard InChI is InChI=1S/C15H22N4O3/c1-3-18-8-7-12(10-18)9-16-15(20)17-13-5-4-6-14(11(13)2)19(21)22/h4-6,12H,3,7-10H2,1-2H3,(H2,16,17,20)/t12-/m0/s1. The molecule has 7 nitrogen and oxygen atoms in total. The van der Waals surface area contributed by atoms with Crippen LogP contribution in [0, 0.1) is 23.0 Å². The number of hydrogen-bond acceptors (Lipinski definition) is 4. The fourth-order valence-corrected chi connectivity index (χ4v) is 2.73. The lowest BCUT2D eigenvalue weighted by molar-refractivity contribution is -0.385. The highest BCUT2D eigenvalue weighted by Crippen LogP contribution is 2.24. The van der Waals surface area contributed by atoms with Crippen LogP contribution in [0.3, 0.4) is 0 Å². The van der Waals surface area contributed by atoms with Crippen molar-refractivity contribution >= 4 is 17.4 Å². The summed E-state index contributed by atoms with van der Waals surface area (Å²) < 4.78 is 0. The number of nitrogens with zero attached hydrogens (tertiary/aromatic N) is 2. The van der Waals surface area contributed by atoms with Gasteiger partial charge in [-0.15, -0.1) is 0 Å². The number of anilines is 1. The van der Waals surface area contributed by atoms with Gasteiger partial charge in [0, 0.05) is 19.2 Å². The summed E-state index contributed by atoms with van der Waals surface area (Å²) >= 11 is 0. The van der Waals surface area contributed by atoms with E-state index in [1.54, 1.807) is 19.1 Å². The van der Waals surface area contributed by atoms with E-state index in [1.165, 1.54) is 6.07 Å². The number of rotatable bonds is 5. The number of likely N-dealkylation sites (tertiary alicyclic amines) is 1. The third-order valence-corrected chi connectivity index (χ3v) is 4.12. The van der Waals surface area contributed by atoms with E-state index in [0.717, 1.165) is 26.1 Å². The molecule has 1 aliphatic rings. The summed E-state index contributed by atoms with van der Waals surface area (Å²) in [4.78, 5) is 24.7. The van der Waals surface area contributed by atoms with Gasteiger partial charge in [-0.3, -0.25) is 10.1 Å². The Morgan fingerprint density at radius 2 is 2.27 bits per heavy atom. The molecule has 1 heterocycles. The number of amides is 2. The van der Waals surface area contributed by atoms with E-state index < -0.39 is 4.92 Å². The molecule has 0 aliphatic carbocycles. The number of benzene rings is 1.